The van der Waals surface area contributed by atoms with E-state index in [2.05, 4.69) is 20.7 Å². The van der Waals surface area contributed by atoms with Gasteiger partial charge in [0, 0.05) is 30.5 Å². The zero-order chi connectivity index (χ0) is 30.2. The first-order valence-corrected chi connectivity index (χ1v) is 15.2. The average molecular weight is 601 g/mol. The Hall–Kier alpha value is -4.23. The van der Waals surface area contributed by atoms with E-state index >= 15 is 4.39 Å². The summed E-state index contributed by atoms with van der Waals surface area (Å²) < 4.78 is 58.8. The number of benzene rings is 3. The van der Waals surface area contributed by atoms with Crippen LogP contribution in [0.5, 0.6) is 17.5 Å². The van der Waals surface area contributed by atoms with Crippen LogP contribution in [0, 0.1) is 24.0 Å². The van der Waals surface area contributed by atoms with E-state index in [-0.39, 0.29) is 46.6 Å². The number of fused-ring (bicyclic) bond motifs is 4. The molecule has 8 rings (SSSR count). The molecule has 0 amide bonds. The lowest BCUT2D eigenvalue weighted by Gasteiger charge is -2.35. The molecule has 5 heterocycles. The van der Waals surface area contributed by atoms with Crippen LogP contribution >= 0.6 is 0 Å². The number of ether oxygens (including phenoxy) is 2. The molecule has 0 unspecified atom stereocenters. The first kappa shape index (κ1) is 27.3. The van der Waals surface area contributed by atoms with Gasteiger partial charge in [-0.1, -0.05) is 12.0 Å². The first-order valence-electron chi connectivity index (χ1n) is 15.2. The molecular weight excluding hydrogens is 569 g/mol. The Labute approximate surface area is 252 Å². The molecule has 10 heteroatoms. The summed E-state index contributed by atoms with van der Waals surface area (Å²) in [6, 6.07) is 7.18. The number of hydrogen-bond donors (Lipinski definition) is 1. The second-order valence-corrected chi connectivity index (χ2v) is 12.5. The van der Waals surface area contributed by atoms with E-state index in [1.807, 2.05) is 0 Å². The van der Waals surface area contributed by atoms with E-state index in [1.54, 1.807) is 6.07 Å². The molecule has 0 bridgehead atoms. The van der Waals surface area contributed by atoms with Crippen molar-refractivity contribution in [2.24, 2.45) is 0 Å². The van der Waals surface area contributed by atoms with Crippen LogP contribution in [-0.2, 0) is 0 Å². The zero-order valence-electron chi connectivity index (χ0n) is 24.1. The van der Waals surface area contributed by atoms with Gasteiger partial charge >= 0.3 is 6.01 Å². The van der Waals surface area contributed by atoms with Gasteiger partial charge in [-0.2, -0.15) is 9.97 Å². The van der Waals surface area contributed by atoms with Crippen LogP contribution in [0.15, 0.2) is 30.3 Å². The van der Waals surface area contributed by atoms with Gasteiger partial charge in [-0.05, 0) is 73.9 Å². The largest absolute Gasteiger partial charge is 0.508 e. The summed E-state index contributed by atoms with van der Waals surface area (Å²) in [6.45, 7) is 2.51. The van der Waals surface area contributed by atoms with Crippen molar-refractivity contribution in [3.8, 4) is 41.0 Å². The second-order valence-electron chi connectivity index (χ2n) is 12.5. The highest BCUT2D eigenvalue weighted by Crippen LogP contribution is 2.46. The smallest absolute Gasteiger partial charge is 0.319 e. The predicted molar refractivity (Wildman–Crippen MR) is 161 cm³/mol. The number of anilines is 1. The number of phenolic OH excluding ortho intramolecular Hbond substituents is 1. The Morgan fingerprint density at radius 1 is 1.09 bits per heavy atom. The van der Waals surface area contributed by atoms with Crippen LogP contribution in [0.4, 0.5) is 19.0 Å². The van der Waals surface area contributed by atoms with Crippen LogP contribution in [0.25, 0.3) is 32.8 Å². The number of hydrogen-bond acceptors (Lipinski definition) is 7. The van der Waals surface area contributed by atoms with Crippen molar-refractivity contribution in [1.82, 2.24) is 14.9 Å². The number of aromatic hydroxyl groups is 1. The number of rotatable bonds is 4. The Kier molecular flexibility index (Phi) is 6.31. The number of nitrogens with zero attached hydrogens (tertiary/aromatic N) is 4. The number of phenols is 1. The highest BCUT2D eigenvalue weighted by molar-refractivity contribution is 6.05. The lowest BCUT2D eigenvalue weighted by Crippen LogP contribution is -2.44. The summed E-state index contributed by atoms with van der Waals surface area (Å²) in [5.74, 6) is 1.89. The number of piperidine rings is 1. The third kappa shape index (κ3) is 4.16. The molecule has 1 aromatic heterocycles. The lowest BCUT2D eigenvalue weighted by atomic mass is 9.92. The predicted octanol–water partition coefficient (Wildman–Crippen LogP) is 6.12. The molecule has 4 aliphatic heterocycles. The number of alkyl halides is 1. The van der Waals surface area contributed by atoms with Gasteiger partial charge in [-0.15, -0.1) is 6.42 Å². The summed E-state index contributed by atoms with van der Waals surface area (Å²) in [6.07, 6.45) is 9.86. The van der Waals surface area contributed by atoms with Gasteiger partial charge in [0.1, 0.15) is 48.0 Å². The lowest BCUT2D eigenvalue weighted by molar-refractivity contribution is 0.107. The third-order valence-electron chi connectivity index (χ3n) is 9.88. The van der Waals surface area contributed by atoms with Gasteiger partial charge < -0.3 is 19.5 Å². The SMILES string of the molecule is C#Cc1c(F)ccc2cc(O)cc(-c3cc4c5c(nc(OC[C@@]67CCCN6C[C@H](F)C7)nc5c3F)N3CCCC[C@H]3CO4)c12. The van der Waals surface area contributed by atoms with Gasteiger partial charge in [0.25, 0.3) is 0 Å². The van der Waals surface area contributed by atoms with E-state index in [0.717, 1.165) is 45.2 Å². The van der Waals surface area contributed by atoms with E-state index < -0.39 is 23.3 Å². The van der Waals surface area contributed by atoms with Crippen molar-refractivity contribution < 1.29 is 27.8 Å². The Morgan fingerprint density at radius 3 is 2.84 bits per heavy atom. The van der Waals surface area contributed by atoms with E-state index in [0.29, 0.717) is 47.3 Å². The summed E-state index contributed by atoms with van der Waals surface area (Å²) >= 11 is 0. The first-order chi connectivity index (χ1) is 21.3. The van der Waals surface area contributed by atoms with Crippen LogP contribution in [0.3, 0.4) is 0 Å². The molecule has 0 aliphatic carbocycles. The minimum Gasteiger partial charge on any atom is -0.508 e. The Bertz CT molecular complexity index is 1880. The van der Waals surface area contributed by atoms with Crippen molar-refractivity contribution in [3.05, 3.63) is 47.5 Å². The molecule has 44 heavy (non-hydrogen) atoms. The van der Waals surface area contributed by atoms with Crippen molar-refractivity contribution in [1.29, 1.82) is 0 Å². The maximum atomic E-state index is 16.9. The van der Waals surface area contributed by atoms with Crippen molar-refractivity contribution in [3.63, 3.8) is 0 Å². The maximum absolute atomic E-state index is 16.9. The quantitative estimate of drug-likeness (QED) is 0.283. The highest BCUT2D eigenvalue weighted by atomic mass is 19.1. The molecule has 4 aromatic rings. The second kappa shape index (κ2) is 10.2. The highest BCUT2D eigenvalue weighted by Gasteiger charge is 2.49. The number of terminal acetylenes is 1. The fourth-order valence-electron chi connectivity index (χ4n) is 7.86. The van der Waals surface area contributed by atoms with Gasteiger partial charge in [-0.25, -0.2) is 13.2 Å². The fourth-order valence-corrected chi connectivity index (χ4v) is 7.86. The van der Waals surface area contributed by atoms with Crippen molar-refractivity contribution >= 4 is 27.5 Å². The molecule has 0 saturated carbocycles. The summed E-state index contributed by atoms with van der Waals surface area (Å²) in [5.41, 5.74) is -0.185. The molecule has 7 nitrogen and oxygen atoms in total. The zero-order valence-corrected chi connectivity index (χ0v) is 24.1. The van der Waals surface area contributed by atoms with Crippen molar-refractivity contribution in [2.75, 3.05) is 37.7 Å². The van der Waals surface area contributed by atoms with Gasteiger partial charge in [0.15, 0.2) is 5.82 Å². The molecule has 4 aliphatic rings. The Balaban J connectivity index is 1.33. The van der Waals surface area contributed by atoms with Crippen molar-refractivity contribution in [2.45, 2.75) is 56.3 Å². The van der Waals surface area contributed by atoms with Gasteiger partial charge in [0.2, 0.25) is 0 Å². The van der Waals surface area contributed by atoms with Crippen LogP contribution < -0.4 is 14.4 Å². The summed E-state index contributed by atoms with van der Waals surface area (Å²) in [4.78, 5) is 13.7. The van der Waals surface area contributed by atoms with Crippen LogP contribution in [0.1, 0.15) is 44.1 Å². The molecule has 3 atom stereocenters. The normalized spacial score (nSPS) is 24.5. The standard InChI is InChI=1S/C34H31F3N4O3/c1-2-23-26(36)8-7-19-12-22(42)13-24(28(19)23)25-14-27-29-31(30(25)37)38-33(39-32(29)41-11-4-3-6-21(41)17-43-27)44-18-34-9-5-10-40(34)16-20(35)15-34/h1,7-8,12-14,20-21,42H,3-6,9-11,15-18H2/t20-,21+,34+/m1/s1. The molecule has 226 valence electrons. The molecule has 0 radical (unpaired) electrons. The maximum Gasteiger partial charge on any atom is 0.319 e. The molecule has 0 spiro atoms. The van der Waals surface area contributed by atoms with Gasteiger partial charge in [0.05, 0.1) is 22.5 Å². The van der Waals surface area contributed by atoms with E-state index in [9.17, 15) is 13.9 Å². The third-order valence-corrected chi connectivity index (χ3v) is 9.88. The molecule has 3 saturated heterocycles. The molecule has 3 aromatic carbocycles. The van der Waals surface area contributed by atoms with E-state index in [1.165, 1.54) is 24.3 Å². The number of aromatic nitrogens is 2. The molecular formula is C34H31F3N4O3. The Morgan fingerprint density at radius 2 is 1.98 bits per heavy atom. The van der Waals surface area contributed by atoms with Crippen LogP contribution in [0.2, 0.25) is 0 Å². The monoisotopic (exact) mass is 600 g/mol. The van der Waals surface area contributed by atoms with Gasteiger partial charge in [-0.3, -0.25) is 4.90 Å². The van der Waals surface area contributed by atoms with E-state index in [4.69, 9.17) is 20.9 Å². The molecule has 3 fully saturated rings. The topological polar surface area (TPSA) is 71.0 Å². The minimum absolute atomic E-state index is 0.00514. The molecule has 1 N–H and O–H groups in total. The average Bonchev–Trinajstić information content (AvgIpc) is 3.49. The van der Waals surface area contributed by atoms with Crippen LogP contribution in [-0.4, -0.2) is 70.6 Å². The fraction of sp³-hybridized carbons (Fsp3) is 0.412. The summed E-state index contributed by atoms with van der Waals surface area (Å²) in [7, 11) is 0. The summed E-state index contributed by atoms with van der Waals surface area (Å²) in [5, 5.41) is 11.8. The number of halogens is 3. The minimum atomic E-state index is -0.912.